The maximum absolute atomic E-state index is 12.6. The number of nitrogens with zero attached hydrogens (tertiary/aromatic N) is 2. The van der Waals surface area contributed by atoms with Gasteiger partial charge in [-0.05, 0) is 68.2 Å². The van der Waals surface area contributed by atoms with Gasteiger partial charge in [-0.3, -0.25) is 0 Å². The van der Waals surface area contributed by atoms with Gasteiger partial charge < -0.3 is 9.64 Å². The minimum absolute atomic E-state index is 0.00359. The van der Waals surface area contributed by atoms with Crippen LogP contribution < -0.4 is 0 Å². The Morgan fingerprint density at radius 3 is 2.75 bits per heavy atom. The molecular weight excluding hydrogens is 300 g/mol. The molecular formula is C20H26N2O2. The van der Waals surface area contributed by atoms with Gasteiger partial charge in [0.15, 0.2) is 0 Å². The van der Waals surface area contributed by atoms with Crippen molar-refractivity contribution in [2.75, 3.05) is 6.54 Å². The summed E-state index contributed by atoms with van der Waals surface area (Å²) in [4.78, 5) is 14.6. The summed E-state index contributed by atoms with van der Waals surface area (Å²) in [6, 6.07) is 8.39. The van der Waals surface area contributed by atoms with Crippen molar-refractivity contribution in [3.8, 4) is 6.07 Å². The lowest BCUT2D eigenvalue weighted by Crippen LogP contribution is -2.60. The molecule has 24 heavy (non-hydrogen) atoms. The smallest absolute Gasteiger partial charge is 0.410 e. The van der Waals surface area contributed by atoms with Crippen molar-refractivity contribution >= 4 is 6.09 Å². The average Bonchev–Trinajstić information content (AvgIpc) is 2.48. The summed E-state index contributed by atoms with van der Waals surface area (Å²) in [6.45, 7) is 10.9. The number of fused-ring (bicyclic) bond motifs is 4. The van der Waals surface area contributed by atoms with E-state index in [-0.39, 0.29) is 17.6 Å². The predicted octanol–water partition coefficient (Wildman–Crippen LogP) is 4.02. The molecule has 4 nitrogen and oxygen atoms in total. The largest absolute Gasteiger partial charge is 0.444 e. The lowest BCUT2D eigenvalue weighted by molar-refractivity contribution is -0.0164. The molecule has 0 aromatic heterocycles. The Hall–Kier alpha value is -2.02. The molecule has 1 aromatic rings. The summed E-state index contributed by atoms with van der Waals surface area (Å²) in [5, 5.41) is 9.22. The van der Waals surface area contributed by atoms with Gasteiger partial charge in [0.2, 0.25) is 0 Å². The molecule has 0 N–H and O–H groups in total. The van der Waals surface area contributed by atoms with Crippen LogP contribution in [0.4, 0.5) is 4.79 Å². The van der Waals surface area contributed by atoms with E-state index in [9.17, 15) is 10.1 Å². The first-order valence-electron chi connectivity index (χ1n) is 8.69. The molecule has 0 saturated carbocycles. The number of piperidine rings is 1. The SMILES string of the molecule is C[C@@H]1C2Cc3ccc(C#N)cc3[C@]1(C)CCN2C(=O)OC(C)(C)C. The molecule has 1 aromatic carbocycles. The first-order chi connectivity index (χ1) is 11.2. The first kappa shape index (κ1) is 16.8. The highest BCUT2D eigenvalue weighted by molar-refractivity contribution is 5.69. The second-order valence-corrected chi connectivity index (χ2v) is 8.39. The number of carbonyl (C=O) groups excluding carboxylic acids is 1. The maximum Gasteiger partial charge on any atom is 0.410 e. The van der Waals surface area contributed by atoms with Gasteiger partial charge in [0.25, 0.3) is 0 Å². The van der Waals surface area contributed by atoms with Crippen LogP contribution in [0.25, 0.3) is 0 Å². The number of likely N-dealkylation sites (tertiary alicyclic amines) is 1. The normalized spacial score (nSPS) is 28.8. The van der Waals surface area contributed by atoms with Crippen LogP contribution in [0.1, 0.15) is 57.7 Å². The van der Waals surface area contributed by atoms with Gasteiger partial charge in [0, 0.05) is 12.6 Å². The van der Waals surface area contributed by atoms with E-state index in [4.69, 9.17) is 4.74 Å². The fourth-order valence-electron chi connectivity index (χ4n) is 4.24. The maximum atomic E-state index is 12.6. The zero-order valence-electron chi connectivity index (χ0n) is 15.2. The fraction of sp³-hybridized carbons (Fsp3) is 0.600. The first-order valence-corrected chi connectivity index (χ1v) is 8.69. The molecule has 1 fully saturated rings. The molecule has 1 saturated heterocycles. The van der Waals surface area contributed by atoms with Gasteiger partial charge in [0.1, 0.15) is 5.60 Å². The van der Waals surface area contributed by atoms with E-state index < -0.39 is 5.60 Å². The van der Waals surface area contributed by atoms with Crippen molar-refractivity contribution in [3.63, 3.8) is 0 Å². The Labute approximate surface area is 144 Å². The molecule has 3 atom stereocenters. The van der Waals surface area contributed by atoms with Crippen molar-refractivity contribution in [2.45, 2.75) is 64.5 Å². The number of hydrogen-bond acceptors (Lipinski definition) is 3. The molecule has 2 aliphatic rings. The molecule has 1 heterocycles. The minimum atomic E-state index is -0.477. The summed E-state index contributed by atoms with van der Waals surface area (Å²) < 4.78 is 5.62. The van der Waals surface area contributed by atoms with Crippen molar-refractivity contribution in [1.82, 2.24) is 4.90 Å². The van der Waals surface area contributed by atoms with Gasteiger partial charge in [-0.25, -0.2) is 4.79 Å². The van der Waals surface area contributed by atoms with Crippen molar-refractivity contribution < 1.29 is 9.53 Å². The Kier molecular flexibility index (Phi) is 3.86. The fourth-order valence-corrected chi connectivity index (χ4v) is 4.24. The summed E-state index contributed by atoms with van der Waals surface area (Å²) >= 11 is 0. The van der Waals surface area contributed by atoms with Crippen LogP contribution in [0.3, 0.4) is 0 Å². The molecule has 1 aliphatic heterocycles. The number of ether oxygens (including phenoxy) is 1. The Bertz CT molecular complexity index is 713. The molecule has 0 spiro atoms. The van der Waals surface area contributed by atoms with Crippen LogP contribution in [-0.4, -0.2) is 29.2 Å². The van der Waals surface area contributed by atoms with Crippen LogP contribution >= 0.6 is 0 Å². The van der Waals surface area contributed by atoms with Crippen LogP contribution in [0, 0.1) is 17.2 Å². The van der Waals surface area contributed by atoms with Crippen LogP contribution in [0.15, 0.2) is 18.2 Å². The number of rotatable bonds is 0. The molecule has 1 unspecified atom stereocenters. The number of hydrogen-bond donors (Lipinski definition) is 0. The molecule has 4 heteroatoms. The summed E-state index contributed by atoms with van der Waals surface area (Å²) in [7, 11) is 0. The van der Waals surface area contributed by atoms with Crippen LogP contribution in [0.5, 0.6) is 0 Å². The van der Waals surface area contributed by atoms with Gasteiger partial charge in [-0.2, -0.15) is 5.26 Å². The molecule has 0 radical (unpaired) electrons. The molecule has 2 bridgehead atoms. The number of benzene rings is 1. The third-order valence-corrected chi connectivity index (χ3v) is 5.77. The Balaban J connectivity index is 1.95. The van der Waals surface area contributed by atoms with Gasteiger partial charge >= 0.3 is 6.09 Å². The topological polar surface area (TPSA) is 53.3 Å². The van der Waals surface area contributed by atoms with Gasteiger partial charge in [-0.1, -0.05) is 19.9 Å². The van der Waals surface area contributed by atoms with Crippen LogP contribution in [-0.2, 0) is 16.6 Å². The minimum Gasteiger partial charge on any atom is -0.444 e. The molecule has 1 amide bonds. The zero-order valence-corrected chi connectivity index (χ0v) is 15.2. The molecule has 3 rings (SSSR count). The van der Waals surface area contributed by atoms with Crippen molar-refractivity contribution in [2.24, 2.45) is 5.92 Å². The van der Waals surface area contributed by atoms with Gasteiger partial charge in [0.05, 0.1) is 11.6 Å². The summed E-state index contributed by atoms with van der Waals surface area (Å²) in [5.74, 6) is 0.334. The average molecular weight is 326 g/mol. The Morgan fingerprint density at radius 1 is 1.42 bits per heavy atom. The third-order valence-electron chi connectivity index (χ3n) is 5.77. The number of nitriles is 1. The molecule has 1 aliphatic carbocycles. The highest BCUT2D eigenvalue weighted by Crippen LogP contribution is 2.48. The quantitative estimate of drug-likeness (QED) is 0.723. The Morgan fingerprint density at radius 2 is 2.12 bits per heavy atom. The third kappa shape index (κ3) is 2.66. The van der Waals surface area contributed by atoms with Crippen LogP contribution in [0.2, 0.25) is 0 Å². The number of carbonyl (C=O) groups is 1. The van der Waals surface area contributed by atoms with Crippen molar-refractivity contribution in [1.29, 1.82) is 5.26 Å². The van der Waals surface area contributed by atoms with E-state index in [2.05, 4.69) is 26.0 Å². The van der Waals surface area contributed by atoms with Crippen molar-refractivity contribution in [3.05, 3.63) is 34.9 Å². The highest BCUT2D eigenvalue weighted by atomic mass is 16.6. The second-order valence-electron chi connectivity index (χ2n) is 8.39. The standard InChI is InChI=1S/C20H26N2O2/c1-13-17-11-15-7-6-14(12-21)10-16(15)20(13,5)8-9-22(17)18(23)24-19(2,3)4/h6-7,10,13,17H,8-9,11H2,1-5H3/t13-,17?,20-/m1/s1. The molecule has 128 valence electrons. The van der Waals surface area contributed by atoms with E-state index in [1.807, 2.05) is 37.8 Å². The predicted molar refractivity (Wildman–Crippen MR) is 92.7 cm³/mol. The van der Waals surface area contributed by atoms with E-state index >= 15 is 0 Å². The van der Waals surface area contributed by atoms with E-state index in [1.165, 1.54) is 11.1 Å². The van der Waals surface area contributed by atoms with E-state index in [0.717, 1.165) is 18.4 Å². The monoisotopic (exact) mass is 326 g/mol. The van der Waals surface area contributed by atoms with Gasteiger partial charge in [-0.15, -0.1) is 0 Å². The van der Waals surface area contributed by atoms with E-state index in [1.54, 1.807) is 0 Å². The summed E-state index contributed by atoms with van der Waals surface area (Å²) in [6.07, 6.45) is 1.52. The second kappa shape index (κ2) is 5.51. The lowest BCUT2D eigenvalue weighted by atomic mass is 9.59. The summed E-state index contributed by atoms with van der Waals surface area (Å²) in [5.41, 5.74) is 2.79. The zero-order chi connectivity index (χ0) is 17.7. The lowest BCUT2D eigenvalue weighted by Gasteiger charge is -2.54. The number of amides is 1. The highest BCUT2D eigenvalue weighted by Gasteiger charge is 2.50. The van der Waals surface area contributed by atoms with E-state index in [0.29, 0.717) is 12.5 Å².